The van der Waals surface area contributed by atoms with Crippen molar-refractivity contribution in [1.29, 1.82) is 0 Å². The molecule has 2 N–H and O–H groups in total. The Labute approximate surface area is 100 Å². The van der Waals surface area contributed by atoms with E-state index >= 15 is 0 Å². The lowest BCUT2D eigenvalue weighted by atomic mass is 9.95. The Balaban J connectivity index is 2.69. The predicted octanol–water partition coefficient (Wildman–Crippen LogP) is 1.50. The van der Waals surface area contributed by atoms with Gasteiger partial charge in [0, 0.05) is 11.7 Å². The zero-order chi connectivity index (χ0) is 12.2. The molecule has 0 radical (unpaired) electrons. The third kappa shape index (κ3) is 2.70. The average Bonchev–Trinajstić information content (AvgIpc) is 2.69. The van der Waals surface area contributed by atoms with Crippen molar-refractivity contribution in [2.75, 3.05) is 11.5 Å². The molecule has 1 heterocycles. The van der Waals surface area contributed by atoms with Crippen LogP contribution in [0.2, 0.25) is 0 Å². The van der Waals surface area contributed by atoms with Gasteiger partial charge in [0.25, 0.3) is 0 Å². The standard InChI is InChI=1S/C11H19NO3S/c1-3-8(4-2)9(13)12-11(10(14)15)5-6-16-7-11/h8H,3-7H2,1-2H3,(H,12,13)(H,14,15). The summed E-state index contributed by atoms with van der Waals surface area (Å²) in [6.07, 6.45) is 2.04. The number of hydrogen-bond donors (Lipinski definition) is 2. The summed E-state index contributed by atoms with van der Waals surface area (Å²) in [6.45, 7) is 3.90. The smallest absolute Gasteiger partial charge is 0.330 e. The minimum Gasteiger partial charge on any atom is -0.479 e. The lowest BCUT2D eigenvalue weighted by molar-refractivity contribution is -0.147. The summed E-state index contributed by atoms with van der Waals surface area (Å²) >= 11 is 1.58. The summed E-state index contributed by atoms with van der Waals surface area (Å²) in [5.41, 5.74) is -1.02. The number of carboxylic acids is 1. The molecule has 1 saturated heterocycles. The summed E-state index contributed by atoms with van der Waals surface area (Å²) in [6, 6.07) is 0. The van der Waals surface area contributed by atoms with Crippen molar-refractivity contribution in [1.82, 2.24) is 5.32 Å². The average molecular weight is 245 g/mol. The van der Waals surface area contributed by atoms with E-state index in [1.807, 2.05) is 13.8 Å². The van der Waals surface area contributed by atoms with Crippen LogP contribution in [-0.4, -0.2) is 34.0 Å². The van der Waals surface area contributed by atoms with Gasteiger partial charge in [0.05, 0.1) is 0 Å². The second kappa shape index (κ2) is 5.57. The van der Waals surface area contributed by atoms with E-state index in [9.17, 15) is 14.7 Å². The predicted molar refractivity (Wildman–Crippen MR) is 64.5 cm³/mol. The van der Waals surface area contributed by atoms with Crippen LogP contribution < -0.4 is 5.32 Å². The molecule has 0 saturated carbocycles. The van der Waals surface area contributed by atoms with E-state index in [1.165, 1.54) is 0 Å². The van der Waals surface area contributed by atoms with Crippen molar-refractivity contribution in [2.45, 2.75) is 38.6 Å². The normalized spacial score (nSPS) is 24.7. The molecule has 1 rings (SSSR count). The molecule has 0 aromatic carbocycles. The van der Waals surface area contributed by atoms with E-state index < -0.39 is 11.5 Å². The topological polar surface area (TPSA) is 66.4 Å². The number of nitrogens with one attached hydrogen (secondary N) is 1. The highest BCUT2D eigenvalue weighted by Crippen LogP contribution is 2.28. The van der Waals surface area contributed by atoms with Crippen LogP contribution in [0.3, 0.4) is 0 Å². The second-order valence-electron chi connectivity index (χ2n) is 4.19. The fourth-order valence-electron chi connectivity index (χ4n) is 1.88. The van der Waals surface area contributed by atoms with Gasteiger partial charge in [-0.1, -0.05) is 13.8 Å². The molecule has 92 valence electrons. The molecule has 1 atom stereocenters. The van der Waals surface area contributed by atoms with Gasteiger partial charge in [-0.25, -0.2) is 4.79 Å². The van der Waals surface area contributed by atoms with E-state index in [0.29, 0.717) is 12.2 Å². The molecule has 1 aliphatic rings. The minimum atomic E-state index is -1.02. The molecule has 1 unspecified atom stereocenters. The van der Waals surface area contributed by atoms with E-state index in [0.717, 1.165) is 18.6 Å². The Hall–Kier alpha value is -0.710. The Morgan fingerprint density at radius 3 is 2.44 bits per heavy atom. The number of carbonyl (C=O) groups is 2. The summed E-state index contributed by atoms with van der Waals surface area (Å²) < 4.78 is 0. The number of thioether (sulfide) groups is 1. The van der Waals surface area contributed by atoms with Gasteiger partial charge in [0.15, 0.2) is 0 Å². The van der Waals surface area contributed by atoms with Gasteiger partial charge < -0.3 is 10.4 Å². The highest BCUT2D eigenvalue weighted by molar-refractivity contribution is 7.99. The molecular weight excluding hydrogens is 226 g/mol. The lowest BCUT2D eigenvalue weighted by Crippen LogP contribution is -2.56. The van der Waals surface area contributed by atoms with Crippen LogP contribution in [0, 0.1) is 5.92 Å². The van der Waals surface area contributed by atoms with Gasteiger partial charge in [-0.3, -0.25) is 4.79 Å². The van der Waals surface area contributed by atoms with Crippen molar-refractivity contribution in [2.24, 2.45) is 5.92 Å². The number of carbonyl (C=O) groups excluding carboxylic acids is 1. The number of hydrogen-bond acceptors (Lipinski definition) is 3. The van der Waals surface area contributed by atoms with E-state index in [-0.39, 0.29) is 11.8 Å². The number of carboxylic acid groups (broad SMARTS) is 1. The quantitative estimate of drug-likeness (QED) is 0.770. The van der Waals surface area contributed by atoms with Crippen molar-refractivity contribution < 1.29 is 14.7 Å². The fraction of sp³-hybridized carbons (Fsp3) is 0.818. The molecule has 1 fully saturated rings. The van der Waals surface area contributed by atoms with Gasteiger partial charge >= 0.3 is 5.97 Å². The van der Waals surface area contributed by atoms with Gasteiger partial charge in [-0.15, -0.1) is 0 Å². The Morgan fingerprint density at radius 2 is 2.06 bits per heavy atom. The number of aliphatic carboxylic acids is 1. The Bertz CT molecular complexity index is 270. The number of amides is 1. The largest absolute Gasteiger partial charge is 0.479 e. The molecule has 1 amide bonds. The van der Waals surface area contributed by atoms with Gasteiger partial charge in [-0.05, 0) is 25.0 Å². The summed E-state index contributed by atoms with van der Waals surface area (Å²) in [5.74, 6) is 0.192. The zero-order valence-corrected chi connectivity index (χ0v) is 10.6. The third-order valence-corrected chi connectivity index (χ3v) is 4.34. The first-order chi connectivity index (χ1) is 7.55. The summed E-state index contributed by atoms with van der Waals surface area (Å²) in [5, 5.41) is 11.9. The van der Waals surface area contributed by atoms with Crippen molar-refractivity contribution in [3.8, 4) is 0 Å². The highest BCUT2D eigenvalue weighted by Gasteiger charge is 2.43. The maximum atomic E-state index is 11.9. The number of rotatable bonds is 5. The molecule has 0 bridgehead atoms. The first-order valence-corrected chi connectivity index (χ1v) is 6.84. The zero-order valence-electron chi connectivity index (χ0n) is 9.78. The third-order valence-electron chi connectivity index (χ3n) is 3.15. The molecule has 0 spiro atoms. The van der Waals surface area contributed by atoms with Crippen LogP contribution in [0.1, 0.15) is 33.1 Å². The molecule has 16 heavy (non-hydrogen) atoms. The molecule has 0 aromatic rings. The fourth-order valence-corrected chi connectivity index (χ4v) is 3.21. The molecule has 0 aliphatic carbocycles. The van der Waals surface area contributed by atoms with Crippen molar-refractivity contribution in [3.63, 3.8) is 0 Å². The van der Waals surface area contributed by atoms with Crippen LogP contribution in [0.15, 0.2) is 0 Å². The van der Waals surface area contributed by atoms with Crippen LogP contribution >= 0.6 is 11.8 Å². The molecule has 4 nitrogen and oxygen atoms in total. The molecule has 1 aliphatic heterocycles. The van der Waals surface area contributed by atoms with Crippen LogP contribution in [0.4, 0.5) is 0 Å². The molecular formula is C11H19NO3S. The first-order valence-electron chi connectivity index (χ1n) is 5.69. The Kier molecular flexibility index (Phi) is 4.65. The van der Waals surface area contributed by atoms with Gasteiger partial charge in [-0.2, -0.15) is 11.8 Å². The maximum Gasteiger partial charge on any atom is 0.330 e. The van der Waals surface area contributed by atoms with Crippen molar-refractivity contribution >= 4 is 23.6 Å². The van der Waals surface area contributed by atoms with E-state index in [2.05, 4.69) is 5.32 Å². The van der Waals surface area contributed by atoms with Crippen LogP contribution in [0.5, 0.6) is 0 Å². The summed E-state index contributed by atoms with van der Waals surface area (Å²) in [7, 11) is 0. The molecule has 0 aromatic heterocycles. The lowest BCUT2D eigenvalue weighted by Gasteiger charge is -2.26. The monoisotopic (exact) mass is 245 g/mol. The first kappa shape index (κ1) is 13.4. The van der Waals surface area contributed by atoms with Gasteiger partial charge in [0.1, 0.15) is 5.54 Å². The summed E-state index contributed by atoms with van der Waals surface area (Å²) in [4.78, 5) is 23.1. The van der Waals surface area contributed by atoms with E-state index in [1.54, 1.807) is 11.8 Å². The second-order valence-corrected chi connectivity index (χ2v) is 5.30. The highest BCUT2D eigenvalue weighted by atomic mass is 32.2. The van der Waals surface area contributed by atoms with Crippen LogP contribution in [0.25, 0.3) is 0 Å². The molecule has 5 heteroatoms. The minimum absolute atomic E-state index is 0.0678. The van der Waals surface area contributed by atoms with Crippen molar-refractivity contribution in [3.05, 3.63) is 0 Å². The van der Waals surface area contributed by atoms with Crippen LogP contribution in [-0.2, 0) is 9.59 Å². The SMILES string of the molecule is CCC(CC)C(=O)NC1(C(=O)O)CCSC1. The van der Waals surface area contributed by atoms with E-state index in [4.69, 9.17) is 0 Å². The van der Waals surface area contributed by atoms with Gasteiger partial charge in [0.2, 0.25) is 5.91 Å². The maximum absolute atomic E-state index is 11.9. The Morgan fingerprint density at radius 1 is 1.44 bits per heavy atom.